The fourth-order valence-electron chi connectivity index (χ4n) is 1.13. The van der Waals surface area contributed by atoms with Crippen molar-refractivity contribution in [1.82, 2.24) is 0 Å². The Kier molecular flexibility index (Phi) is 4.24. The zero-order valence-corrected chi connectivity index (χ0v) is 8.72. The van der Waals surface area contributed by atoms with Crippen LogP contribution >= 0.6 is 0 Å². The van der Waals surface area contributed by atoms with Crippen molar-refractivity contribution in [2.75, 3.05) is 6.54 Å². The molecule has 0 amide bonds. The molecule has 0 aliphatic carbocycles. The summed E-state index contributed by atoms with van der Waals surface area (Å²) < 4.78 is 12.6. The number of ketones is 1. The molecule has 16 heavy (non-hydrogen) atoms. The summed E-state index contributed by atoms with van der Waals surface area (Å²) in [6.45, 7) is 1.39. The third-order valence-electron chi connectivity index (χ3n) is 1.97. The number of hydrogen-bond donors (Lipinski definition) is 0. The Hall–Kier alpha value is -2.13. The minimum atomic E-state index is -0.337. The topological polar surface area (TPSA) is 65.8 Å². The third kappa shape index (κ3) is 3.55. The second-order valence-corrected chi connectivity index (χ2v) is 3.17. The van der Waals surface area contributed by atoms with E-state index in [2.05, 4.69) is 10.0 Å². The van der Waals surface area contributed by atoms with Gasteiger partial charge in [0.2, 0.25) is 0 Å². The van der Waals surface area contributed by atoms with Crippen LogP contribution in [-0.2, 0) is 4.79 Å². The van der Waals surface area contributed by atoms with Crippen molar-refractivity contribution < 1.29 is 9.18 Å². The predicted octanol–water partition coefficient (Wildman–Crippen LogP) is 3.11. The van der Waals surface area contributed by atoms with Gasteiger partial charge in [0, 0.05) is 10.5 Å². The number of azide groups is 1. The van der Waals surface area contributed by atoms with Crippen LogP contribution < -0.4 is 0 Å². The van der Waals surface area contributed by atoms with Gasteiger partial charge in [-0.1, -0.05) is 17.2 Å². The van der Waals surface area contributed by atoms with E-state index in [9.17, 15) is 9.18 Å². The summed E-state index contributed by atoms with van der Waals surface area (Å²) in [5, 5.41) is 3.32. The van der Waals surface area contributed by atoms with Crippen LogP contribution in [-0.4, -0.2) is 12.3 Å². The molecular weight excluding hydrogens is 209 g/mol. The van der Waals surface area contributed by atoms with Crippen LogP contribution in [0.5, 0.6) is 0 Å². The monoisotopic (exact) mass is 219 g/mol. The average molecular weight is 219 g/mol. The van der Waals surface area contributed by atoms with Gasteiger partial charge in [0.05, 0.1) is 6.54 Å². The first-order chi connectivity index (χ1) is 7.63. The van der Waals surface area contributed by atoms with E-state index in [4.69, 9.17) is 5.53 Å². The Bertz CT molecular complexity index is 459. The van der Waals surface area contributed by atoms with Crippen LogP contribution in [0.2, 0.25) is 0 Å². The number of halogens is 1. The molecule has 0 radical (unpaired) electrons. The SMILES string of the molecule is CC(=O)/C(=C/c1ccc(F)cc1)CN=[N+]=[N-]. The van der Waals surface area contributed by atoms with Gasteiger partial charge in [-0.05, 0) is 36.2 Å². The van der Waals surface area contributed by atoms with Gasteiger partial charge in [0.1, 0.15) is 5.82 Å². The highest BCUT2D eigenvalue weighted by Crippen LogP contribution is 2.09. The van der Waals surface area contributed by atoms with Gasteiger partial charge in [-0.3, -0.25) is 4.79 Å². The molecule has 0 N–H and O–H groups in total. The summed E-state index contributed by atoms with van der Waals surface area (Å²) >= 11 is 0. The number of benzene rings is 1. The van der Waals surface area contributed by atoms with Crippen LogP contribution in [0.4, 0.5) is 4.39 Å². The highest BCUT2D eigenvalue weighted by Gasteiger charge is 2.02. The van der Waals surface area contributed by atoms with Crippen molar-refractivity contribution in [3.8, 4) is 0 Å². The van der Waals surface area contributed by atoms with Gasteiger partial charge in [-0.2, -0.15) is 0 Å². The first kappa shape index (κ1) is 11.9. The zero-order valence-electron chi connectivity index (χ0n) is 8.72. The molecule has 5 heteroatoms. The quantitative estimate of drug-likeness (QED) is 0.332. The van der Waals surface area contributed by atoms with E-state index in [-0.39, 0.29) is 18.1 Å². The minimum absolute atomic E-state index is 0.00318. The van der Waals surface area contributed by atoms with Gasteiger partial charge in [-0.25, -0.2) is 4.39 Å². The second-order valence-electron chi connectivity index (χ2n) is 3.17. The van der Waals surface area contributed by atoms with Crippen molar-refractivity contribution in [2.45, 2.75) is 6.92 Å². The van der Waals surface area contributed by atoms with E-state index in [0.29, 0.717) is 11.1 Å². The van der Waals surface area contributed by atoms with Gasteiger partial charge in [0.15, 0.2) is 5.78 Å². The highest BCUT2D eigenvalue weighted by molar-refractivity contribution is 5.98. The molecule has 0 atom stereocenters. The van der Waals surface area contributed by atoms with Crippen LogP contribution in [0.1, 0.15) is 12.5 Å². The lowest BCUT2D eigenvalue weighted by Gasteiger charge is -1.99. The van der Waals surface area contributed by atoms with Crippen molar-refractivity contribution in [3.05, 3.63) is 51.7 Å². The molecule has 0 fully saturated rings. The maximum Gasteiger partial charge on any atom is 0.155 e. The third-order valence-corrected chi connectivity index (χ3v) is 1.97. The fourth-order valence-corrected chi connectivity index (χ4v) is 1.13. The number of Topliss-reactive ketones (excluding diaryl/α,β-unsaturated/α-hetero) is 1. The number of carbonyl (C=O) groups is 1. The van der Waals surface area contributed by atoms with E-state index in [0.717, 1.165) is 0 Å². The van der Waals surface area contributed by atoms with Crippen LogP contribution in [0.15, 0.2) is 35.0 Å². The summed E-state index contributed by atoms with van der Waals surface area (Å²) in [4.78, 5) is 13.8. The molecule has 0 aromatic heterocycles. The number of rotatable bonds is 4. The first-order valence-corrected chi connectivity index (χ1v) is 4.61. The van der Waals surface area contributed by atoms with Crippen molar-refractivity contribution >= 4 is 11.9 Å². The largest absolute Gasteiger partial charge is 0.295 e. The lowest BCUT2D eigenvalue weighted by atomic mass is 10.1. The summed E-state index contributed by atoms with van der Waals surface area (Å²) in [6, 6.07) is 5.71. The lowest BCUT2D eigenvalue weighted by Crippen LogP contribution is -1.99. The van der Waals surface area contributed by atoms with Crippen molar-refractivity contribution in [2.24, 2.45) is 5.11 Å². The molecule has 0 saturated carbocycles. The molecule has 0 bridgehead atoms. The summed E-state index contributed by atoms with van der Waals surface area (Å²) in [7, 11) is 0. The Balaban J connectivity index is 2.97. The molecule has 1 rings (SSSR count). The van der Waals surface area contributed by atoms with E-state index in [1.165, 1.54) is 19.1 Å². The normalized spacial score (nSPS) is 10.8. The molecule has 0 aliphatic rings. The summed E-state index contributed by atoms with van der Waals surface area (Å²) in [5.41, 5.74) is 9.26. The van der Waals surface area contributed by atoms with E-state index in [1.54, 1.807) is 18.2 Å². The van der Waals surface area contributed by atoms with Crippen LogP contribution in [0, 0.1) is 5.82 Å². The second kappa shape index (κ2) is 5.68. The van der Waals surface area contributed by atoms with E-state index >= 15 is 0 Å². The molecule has 1 aromatic rings. The molecule has 0 heterocycles. The fraction of sp³-hybridized carbons (Fsp3) is 0.182. The van der Waals surface area contributed by atoms with Gasteiger partial charge in [0.25, 0.3) is 0 Å². The first-order valence-electron chi connectivity index (χ1n) is 4.61. The Morgan fingerprint density at radius 1 is 1.50 bits per heavy atom. The zero-order chi connectivity index (χ0) is 12.0. The van der Waals surface area contributed by atoms with Crippen molar-refractivity contribution in [3.63, 3.8) is 0 Å². The van der Waals surface area contributed by atoms with Crippen LogP contribution in [0.25, 0.3) is 16.5 Å². The average Bonchev–Trinajstić information content (AvgIpc) is 2.26. The van der Waals surface area contributed by atoms with E-state index in [1.807, 2.05) is 0 Å². The molecule has 0 aliphatic heterocycles. The molecule has 0 unspecified atom stereocenters. The predicted molar refractivity (Wildman–Crippen MR) is 59.1 cm³/mol. The summed E-state index contributed by atoms with van der Waals surface area (Å²) in [6.07, 6.45) is 1.58. The van der Waals surface area contributed by atoms with Gasteiger partial charge >= 0.3 is 0 Å². The standard InChI is InChI=1S/C11H10FN3O/c1-8(16)10(7-14-15-13)6-9-2-4-11(12)5-3-9/h2-6H,7H2,1H3/b10-6+. The Morgan fingerprint density at radius 2 is 2.12 bits per heavy atom. The Labute approximate surface area is 92.0 Å². The smallest absolute Gasteiger partial charge is 0.155 e. The lowest BCUT2D eigenvalue weighted by molar-refractivity contribution is -0.113. The number of hydrogen-bond acceptors (Lipinski definition) is 2. The van der Waals surface area contributed by atoms with Gasteiger partial charge < -0.3 is 0 Å². The number of carbonyl (C=O) groups excluding carboxylic acids is 1. The minimum Gasteiger partial charge on any atom is -0.295 e. The molecular formula is C11H10FN3O. The molecule has 82 valence electrons. The molecule has 4 nitrogen and oxygen atoms in total. The maximum absolute atomic E-state index is 12.6. The van der Waals surface area contributed by atoms with E-state index < -0.39 is 0 Å². The Morgan fingerprint density at radius 3 is 2.62 bits per heavy atom. The number of nitrogens with zero attached hydrogens (tertiary/aromatic N) is 3. The maximum atomic E-state index is 12.6. The highest BCUT2D eigenvalue weighted by atomic mass is 19.1. The van der Waals surface area contributed by atoms with Crippen molar-refractivity contribution in [1.29, 1.82) is 0 Å². The van der Waals surface area contributed by atoms with Gasteiger partial charge in [-0.15, -0.1) is 0 Å². The molecule has 0 saturated heterocycles. The molecule has 0 spiro atoms. The van der Waals surface area contributed by atoms with Crippen LogP contribution in [0.3, 0.4) is 0 Å². The molecule has 1 aromatic carbocycles. The summed E-state index contributed by atoms with van der Waals surface area (Å²) in [5.74, 6) is -0.506.